The highest BCUT2D eigenvalue weighted by molar-refractivity contribution is 7.09. The summed E-state index contributed by atoms with van der Waals surface area (Å²) in [5.41, 5.74) is 1.25. The molecule has 1 N–H and O–H groups in total. The van der Waals surface area contributed by atoms with E-state index >= 15 is 0 Å². The molecule has 2 aromatic rings. The first-order valence-corrected chi connectivity index (χ1v) is 6.99. The summed E-state index contributed by atoms with van der Waals surface area (Å²) in [6, 6.07) is 4.17. The fraction of sp³-hybridized carbons (Fsp3) is 0.385. The van der Waals surface area contributed by atoms with Crippen molar-refractivity contribution in [3.05, 3.63) is 40.6 Å². The van der Waals surface area contributed by atoms with Gasteiger partial charge in [-0.15, -0.1) is 11.3 Å². The number of aryl methyl sites for hydroxylation is 1. The van der Waals surface area contributed by atoms with E-state index in [-0.39, 0.29) is 0 Å². The summed E-state index contributed by atoms with van der Waals surface area (Å²) in [5, 5.41) is 6.36. The zero-order chi connectivity index (χ0) is 13.7. The lowest BCUT2D eigenvalue weighted by Gasteiger charge is -2.22. The molecule has 0 spiro atoms. The third kappa shape index (κ3) is 3.57. The molecule has 0 saturated heterocycles. The molecule has 5 nitrogen and oxygen atoms in total. The Balaban J connectivity index is 1.92. The van der Waals surface area contributed by atoms with Crippen molar-refractivity contribution < 1.29 is 0 Å². The van der Waals surface area contributed by atoms with Crippen LogP contribution in [0.2, 0.25) is 0 Å². The Morgan fingerprint density at radius 3 is 3.00 bits per heavy atom. The van der Waals surface area contributed by atoms with Crippen molar-refractivity contribution in [1.82, 2.24) is 19.8 Å². The summed E-state index contributed by atoms with van der Waals surface area (Å²) < 4.78 is 2.12. The predicted molar refractivity (Wildman–Crippen MR) is 79.2 cm³/mol. The van der Waals surface area contributed by atoms with Gasteiger partial charge in [0.1, 0.15) is 5.01 Å². The minimum atomic E-state index is 0.710. The quantitative estimate of drug-likeness (QED) is 0.683. The first-order valence-electron chi connectivity index (χ1n) is 6.11. The number of nitrogens with zero attached hydrogens (tertiary/aromatic N) is 4. The van der Waals surface area contributed by atoms with Gasteiger partial charge >= 0.3 is 0 Å². The fourth-order valence-electron chi connectivity index (χ4n) is 1.86. The molecule has 0 bridgehead atoms. The molecular formula is C13H19N5S. The smallest absolute Gasteiger partial charge is 0.194 e. The van der Waals surface area contributed by atoms with Gasteiger partial charge in [-0.25, -0.2) is 4.98 Å². The molecule has 0 unspecified atom stereocenters. The number of nitrogens with one attached hydrogen (secondary N) is 1. The van der Waals surface area contributed by atoms with Gasteiger partial charge in [-0.05, 0) is 12.1 Å². The first-order chi connectivity index (χ1) is 9.20. The Labute approximate surface area is 117 Å². The van der Waals surface area contributed by atoms with Crippen LogP contribution in [0, 0.1) is 0 Å². The molecule has 6 heteroatoms. The number of hydrogen-bond acceptors (Lipinski definition) is 3. The molecule has 2 heterocycles. The molecule has 0 saturated carbocycles. The van der Waals surface area contributed by atoms with Gasteiger partial charge in [0, 0.05) is 44.6 Å². The molecule has 0 aliphatic carbocycles. The lowest BCUT2D eigenvalue weighted by Crippen LogP contribution is -2.38. The van der Waals surface area contributed by atoms with Crippen LogP contribution in [0.4, 0.5) is 0 Å². The summed E-state index contributed by atoms with van der Waals surface area (Å²) >= 11 is 1.64. The number of hydrogen-bond donors (Lipinski definition) is 1. The summed E-state index contributed by atoms with van der Waals surface area (Å²) in [4.78, 5) is 10.6. The van der Waals surface area contributed by atoms with Crippen LogP contribution in [-0.2, 0) is 20.1 Å². The second kappa shape index (κ2) is 6.38. The molecule has 2 rings (SSSR count). The number of thiazole rings is 1. The van der Waals surface area contributed by atoms with Crippen LogP contribution in [0.5, 0.6) is 0 Å². The van der Waals surface area contributed by atoms with Crippen LogP contribution < -0.4 is 5.32 Å². The van der Waals surface area contributed by atoms with Crippen molar-refractivity contribution in [3.8, 4) is 0 Å². The molecule has 102 valence electrons. The number of aromatic nitrogens is 2. The molecule has 0 radical (unpaired) electrons. The fourth-order valence-corrected chi connectivity index (χ4v) is 2.41. The standard InChI is InChI=1S/C13H19N5S/c1-14-13(16-9-12-15-6-8-19-12)18(3)10-11-5-4-7-17(11)2/h4-8H,9-10H2,1-3H3,(H,14,16). The maximum Gasteiger partial charge on any atom is 0.194 e. The van der Waals surface area contributed by atoms with Crippen LogP contribution >= 0.6 is 11.3 Å². The normalized spacial score (nSPS) is 11.6. The van der Waals surface area contributed by atoms with Gasteiger partial charge in [-0.1, -0.05) is 0 Å². The molecule has 0 fully saturated rings. The summed E-state index contributed by atoms with van der Waals surface area (Å²) in [6.45, 7) is 1.53. The van der Waals surface area contributed by atoms with Gasteiger partial charge in [0.25, 0.3) is 0 Å². The van der Waals surface area contributed by atoms with E-state index in [0.717, 1.165) is 17.5 Å². The zero-order valence-electron chi connectivity index (χ0n) is 11.5. The molecule has 19 heavy (non-hydrogen) atoms. The maximum absolute atomic E-state index is 4.30. The van der Waals surface area contributed by atoms with E-state index in [9.17, 15) is 0 Å². The van der Waals surface area contributed by atoms with E-state index in [2.05, 4.69) is 50.1 Å². The highest BCUT2D eigenvalue weighted by Crippen LogP contribution is 2.05. The van der Waals surface area contributed by atoms with Crippen LogP contribution in [0.1, 0.15) is 10.7 Å². The second-order valence-electron chi connectivity index (χ2n) is 4.29. The van der Waals surface area contributed by atoms with Gasteiger partial charge in [0.2, 0.25) is 0 Å². The summed E-state index contributed by atoms with van der Waals surface area (Å²) in [7, 11) is 5.88. The summed E-state index contributed by atoms with van der Waals surface area (Å²) in [6.07, 6.45) is 3.87. The van der Waals surface area contributed by atoms with Crippen LogP contribution in [0.3, 0.4) is 0 Å². The third-order valence-electron chi connectivity index (χ3n) is 2.91. The first kappa shape index (κ1) is 13.6. The lowest BCUT2D eigenvalue weighted by atomic mass is 10.4. The Morgan fingerprint density at radius 2 is 2.42 bits per heavy atom. The molecule has 0 aliphatic rings. The van der Waals surface area contributed by atoms with E-state index in [1.54, 1.807) is 18.4 Å². The van der Waals surface area contributed by atoms with Gasteiger partial charge in [-0.2, -0.15) is 0 Å². The van der Waals surface area contributed by atoms with Crippen molar-refractivity contribution >= 4 is 17.3 Å². The monoisotopic (exact) mass is 277 g/mol. The van der Waals surface area contributed by atoms with Crippen molar-refractivity contribution in [3.63, 3.8) is 0 Å². The molecule has 0 aromatic carbocycles. The average molecular weight is 277 g/mol. The predicted octanol–water partition coefficient (Wildman–Crippen LogP) is 1.69. The third-order valence-corrected chi connectivity index (χ3v) is 3.68. The van der Waals surface area contributed by atoms with Gasteiger partial charge in [-0.3, -0.25) is 4.99 Å². The van der Waals surface area contributed by atoms with E-state index in [1.807, 2.05) is 18.6 Å². The number of rotatable bonds is 4. The Hall–Kier alpha value is -1.82. The Kier molecular flexibility index (Phi) is 4.57. The van der Waals surface area contributed by atoms with E-state index in [1.165, 1.54) is 5.69 Å². The average Bonchev–Trinajstić information content (AvgIpc) is 3.03. The van der Waals surface area contributed by atoms with Crippen LogP contribution in [0.15, 0.2) is 34.9 Å². The van der Waals surface area contributed by atoms with Gasteiger partial charge < -0.3 is 14.8 Å². The largest absolute Gasteiger partial charge is 0.353 e. The molecule has 0 amide bonds. The minimum absolute atomic E-state index is 0.710. The SMILES string of the molecule is CN=C(NCc1nccs1)N(C)Cc1cccn1C. The van der Waals surface area contributed by atoms with Crippen LogP contribution in [-0.4, -0.2) is 34.5 Å². The minimum Gasteiger partial charge on any atom is -0.353 e. The number of guanidine groups is 1. The zero-order valence-corrected chi connectivity index (χ0v) is 12.3. The van der Waals surface area contributed by atoms with E-state index < -0.39 is 0 Å². The van der Waals surface area contributed by atoms with Crippen molar-refractivity contribution in [1.29, 1.82) is 0 Å². The Bertz CT molecular complexity index is 529. The van der Waals surface area contributed by atoms with Crippen LogP contribution in [0.25, 0.3) is 0 Å². The summed E-state index contributed by atoms with van der Waals surface area (Å²) in [5.74, 6) is 0.872. The molecule has 2 aromatic heterocycles. The topological polar surface area (TPSA) is 45.5 Å². The van der Waals surface area contributed by atoms with Crippen molar-refractivity contribution in [2.45, 2.75) is 13.1 Å². The van der Waals surface area contributed by atoms with Gasteiger partial charge in [0.15, 0.2) is 5.96 Å². The molecular weight excluding hydrogens is 258 g/mol. The number of aliphatic imine (C=N–C) groups is 1. The molecule has 0 aliphatic heterocycles. The van der Waals surface area contributed by atoms with Crippen molar-refractivity contribution in [2.24, 2.45) is 12.0 Å². The van der Waals surface area contributed by atoms with E-state index in [0.29, 0.717) is 6.54 Å². The lowest BCUT2D eigenvalue weighted by molar-refractivity contribution is 0.461. The second-order valence-corrected chi connectivity index (χ2v) is 5.27. The van der Waals surface area contributed by atoms with E-state index in [4.69, 9.17) is 0 Å². The highest BCUT2D eigenvalue weighted by Gasteiger charge is 2.08. The van der Waals surface area contributed by atoms with Crippen molar-refractivity contribution in [2.75, 3.05) is 14.1 Å². The highest BCUT2D eigenvalue weighted by atomic mass is 32.1. The molecule has 0 atom stereocenters. The van der Waals surface area contributed by atoms with Gasteiger partial charge in [0.05, 0.1) is 13.1 Å². The Morgan fingerprint density at radius 1 is 1.58 bits per heavy atom. The maximum atomic E-state index is 4.30.